The van der Waals surface area contributed by atoms with Gasteiger partial charge in [0.15, 0.2) is 0 Å². The Labute approximate surface area is 94.0 Å². The van der Waals surface area contributed by atoms with E-state index in [2.05, 4.69) is 15.0 Å². The van der Waals surface area contributed by atoms with Gasteiger partial charge in [0.25, 0.3) is 0 Å². The van der Waals surface area contributed by atoms with Crippen LogP contribution in [0.2, 0.25) is 0 Å². The number of aliphatic hydroxyl groups is 1. The molecule has 0 spiro atoms. The molecule has 0 bridgehead atoms. The summed E-state index contributed by atoms with van der Waals surface area (Å²) in [5.74, 6) is 0.732. The normalized spacial score (nSPS) is 10.4. The zero-order chi connectivity index (χ0) is 11.4. The lowest BCUT2D eigenvalue weighted by molar-refractivity contribution is 0.276. The van der Waals surface area contributed by atoms with Gasteiger partial charge in [0, 0.05) is 24.5 Å². The smallest absolute Gasteiger partial charge is 0.133 e. The van der Waals surface area contributed by atoms with Gasteiger partial charge in [-0.3, -0.25) is 4.98 Å². The molecule has 2 aromatic heterocycles. The van der Waals surface area contributed by atoms with Crippen molar-refractivity contribution in [3.05, 3.63) is 53.4 Å². The average Bonchev–Trinajstić information content (AvgIpc) is 2.29. The number of aliphatic hydroxyl groups excluding tert-OH is 1. The van der Waals surface area contributed by atoms with E-state index in [-0.39, 0.29) is 6.61 Å². The monoisotopic (exact) mass is 215 g/mol. The number of hydrogen-bond acceptors (Lipinski definition) is 4. The van der Waals surface area contributed by atoms with Crippen molar-refractivity contribution < 1.29 is 5.11 Å². The quantitative estimate of drug-likeness (QED) is 0.837. The molecule has 0 aliphatic rings. The van der Waals surface area contributed by atoms with Crippen LogP contribution in [0.3, 0.4) is 0 Å². The van der Waals surface area contributed by atoms with Gasteiger partial charge in [-0.25, -0.2) is 9.97 Å². The van der Waals surface area contributed by atoms with Crippen LogP contribution in [0.4, 0.5) is 0 Å². The molecule has 0 saturated heterocycles. The first-order valence-corrected chi connectivity index (χ1v) is 5.11. The summed E-state index contributed by atoms with van der Waals surface area (Å²) in [6.07, 6.45) is 4.16. The highest BCUT2D eigenvalue weighted by molar-refractivity contribution is 5.17. The molecule has 4 nitrogen and oxygen atoms in total. The third-order valence-electron chi connectivity index (χ3n) is 2.23. The number of rotatable bonds is 3. The van der Waals surface area contributed by atoms with Gasteiger partial charge in [0.2, 0.25) is 0 Å². The zero-order valence-electron chi connectivity index (χ0n) is 9.09. The molecule has 2 aromatic rings. The van der Waals surface area contributed by atoms with Crippen molar-refractivity contribution in [3.63, 3.8) is 0 Å². The SMILES string of the molecule is Cc1cc(CO)nc(Cc2ccncc2)n1. The van der Waals surface area contributed by atoms with Gasteiger partial charge < -0.3 is 5.11 Å². The van der Waals surface area contributed by atoms with Crippen molar-refractivity contribution in [1.29, 1.82) is 0 Å². The largest absolute Gasteiger partial charge is 0.390 e. The highest BCUT2D eigenvalue weighted by Gasteiger charge is 2.02. The lowest BCUT2D eigenvalue weighted by Crippen LogP contribution is -2.02. The van der Waals surface area contributed by atoms with Crippen molar-refractivity contribution in [1.82, 2.24) is 15.0 Å². The summed E-state index contributed by atoms with van der Waals surface area (Å²) in [6, 6.07) is 5.66. The lowest BCUT2D eigenvalue weighted by atomic mass is 10.2. The topological polar surface area (TPSA) is 58.9 Å². The number of aromatic nitrogens is 3. The Morgan fingerprint density at radius 2 is 1.94 bits per heavy atom. The molecular weight excluding hydrogens is 202 g/mol. The third kappa shape index (κ3) is 2.61. The van der Waals surface area contributed by atoms with E-state index in [1.807, 2.05) is 19.1 Å². The maximum absolute atomic E-state index is 9.05. The molecule has 4 heteroatoms. The molecule has 2 heterocycles. The summed E-state index contributed by atoms with van der Waals surface area (Å²) in [7, 11) is 0. The van der Waals surface area contributed by atoms with Crippen molar-refractivity contribution in [2.75, 3.05) is 0 Å². The minimum atomic E-state index is -0.0489. The molecule has 0 aromatic carbocycles. The Balaban J connectivity index is 2.24. The van der Waals surface area contributed by atoms with E-state index in [0.717, 1.165) is 17.1 Å². The van der Waals surface area contributed by atoms with Crippen molar-refractivity contribution in [2.24, 2.45) is 0 Å². The van der Waals surface area contributed by atoms with Crippen LogP contribution in [0.1, 0.15) is 22.8 Å². The van der Waals surface area contributed by atoms with Gasteiger partial charge >= 0.3 is 0 Å². The maximum Gasteiger partial charge on any atom is 0.133 e. The number of nitrogens with zero attached hydrogens (tertiary/aromatic N) is 3. The molecular formula is C12H13N3O. The summed E-state index contributed by atoms with van der Waals surface area (Å²) < 4.78 is 0. The fourth-order valence-electron chi connectivity index (χ4n) is 1.54. The molecule has 1 N–H and O–H groups in total. The van der Waals surface area contributed by atoms with Gasteiger partial charge in [-0.05, 0) is 30.7 Å². The van der Waals surface area contributed by atoms with Crippen LogP contribution >= 0.6 is 0 Å². The Morgan fingerprint density at radius 1 is 1.19 bits per heavy atom. The van der Waals surface area contributed by atoms with Crippen LogP contribution in [0, 0.1) is 6.92 Å². The molecule has 0 amide bonds. The highest BCUT2D eigenvalue weighted by atomic mass is 16.3. The van der Waals surface area contributed by atoms with Crippen molar-refractivity contribution in [2.45, 2.75) is 20.0 Å². The van der Waals surface area contributed by atoms with Crippen LogP contribution in [0.25, 0.3) is 0 Å². The average molecular weight is 215 g/mol. The second kappa shape index (κ2) is 4.81. The minimum absolute atomic E-state index is 0.0489. The Bertz CT molecular complexity index is 471. The van der Waals surface area contributed by atoms with E-state index in [4.69, 9.17) is 5.11 Å². The highest BCUT2D eigenvalue weighted by Crippen LogP contribution is 2.06. The first-order chi connectivity index (χ1) is 7.78. The number of pyridine rings is 1. The molecule has 0 aliphatic carbocycles. The maximum atomic E-state index is 9.05. The number of aryl methyl sites for hydroxylation is 1. The summed E-state index contributed by atoms with van der Waals surface area (Å²) in [6.45, 7) is 1.85. The molecule has 0 aliphatic heterocycles. The Hall–Kier alpha value is -1.81. The third-order valence-corrected chi connectivity index (χ3v) is 2.23. The van der Waals surface area contributed by atoms with E-state index in [9.17, 15) is 0 Å². The molecule has 0 saturated carbocycles. The zero-order valence-corrected chi connectivity index (χ0v) is 9.09. The Morgan fingerprint density at radius 3 is 2.62 bits per heavy atom. The van der Waals surface area contributed by atoms with Gasteiger partial charge in [-0.2, -0.15) is 0 Å². The van der Waals surface area contributed by atoms with Crippen LogP contribution in [-0.2, 0) is 13.0 Å². The lowest BCUT2D eigenvalue weighted by Gasteiger charge is -2.04. The summed E-state index contributed by atoms with van der Waals surface area (Å²) in [5.41, 5.74) is 2.66. The standard InChI is InChI=1S/C12H13N3O/c1-9-6-11(8-16)15-12(14-9)7-10-2-4-13-5-3-10/h2-6,16H,7-8H2,1H3. The second-order valence-corrected chi connectivity index (χ2v) is 3.61. The first kappa shape index (κ1) is 10.7. The molecule has 82 valence electrons. The molecule has 0 radical (unpaired) electrons. The second-order valence-electron chi connectivity index (χ2n) is 3.61. The summed E-state index contributed by atoms with van der Waals surface area (Å²) in [5, 5.41) is 9.05. The van der Waals surface area contributed by atoms with Gasteiger partial charge in [0.05, 0.1) is 12.3 Å². The summed E-state index contributed by atoms with van der Waals surface area (Å²) in [4.78, 5) is 12.6. The van der Waals surface area contributed by atoms with E-state index in [1.54, 1.807) is 18.5 Å². The van der Waals surface area contributed by atoms with Crippen LogP contribution in [-0.4, -0.2) is 20.1 Å². The van der Waals surface area contributed by atoms with Crippen LogP contribution in [0.15, 0.2) is 30.6 Å². The first-order valence-electron chi connectivity index (χ1n) is 5.11. The molecule has 0 unspecified atom stereocenters. The van der Waals surface area contributed by atoms with Crippen molar-refractivity contribution >= 4 is 0 Å². The molecule has 0 fully saturated rings. The summed E-state index contributed by atoms with van der Waals surface area (Å²) >= 11 is 0. The molecule has 0 atom stereocenters. The van der Waals surface area contributed by atoms with Gasteiger partial charge in [-0.1, -0.05) is 0 Å². The predicted octanol–water partition coefficient (Wildman–Crippen LogP) is 1.26. The van der Waals surface area contributed by atoms with Crippen LogP contribution < -0.4 is 0 Å². The number of hydrogen-bond donors (Lipinski definition) is 1. The molecule has 2 rings (SSSR count). The van der Waals surface area contributed by atoms with E-state index < -0.39 is 0 Å². The Kier molecular flexibility index (Phi) is 3.22. The fraction of sp³-hybridized carbons (Fsp3) is 0.250. The van der Waals surface area contributed by atoms with Crippen molar-refractivity contribution in [3.8, 4) is 0 Å². The van der Waals surface area contributed by atoms with Gasteiger partial charge in [-0.15, -0.1) is 0 Å². The van der Waals surface area contributed by atoms with E-state index in [0.29, 0.717) is 12.1 Å². The van der Waals surface area contributed by atoms with Crippen LogP contribution in [0.5, 0.6) is 0 Å². The fourth-order valence-corrected chi connectivity index (χ4v) is 1.54. The van der Waals surface area contributed by atoms with E-state index >= 15 is 0 Å². The van der Waals surface area contributed by atoms with E-state index in [1.165, 1.54) is 0 Å². The minimum Gasteiger partial charge on any atom is -0.390 e. The molecule has 16 heavy (non-hydrogen) atoms. The van der Waals surface area contributed by atoms with Gasteiger partial charge in [0.1, 0.15) is 5.82 Å². The predicted molar refractivity (Wildman–Crippen MR) is 59.7 cm³/mol.